The third kappa shape index (κ3) is 7.29. The van der Waals surface area contributed by atoms with Gasteiger partial charge in [0.1, 0.15) is 11.5 Å². The molecule has 0 bridgehead atoms. The Hall–Kier alpha value is -2.82. The fraction of sp³-hybridized carbons (Fsp3) is 0.538. The van der Waals surface area contributed by atoms with Crippen LogP contribution in [0.3, 0.4) is 0 Å². The molecule has 0 fully saturated rings. The Labute approximate surface area is 260 Å². The number of rotatable bonds is 6. The van der Waals surface area contributed by atoms with E-state index in [-0.39, 0.29) is 21.7 Å². The summed E-state index contributed by atoms with van der Waals surface area (Å²) in [5, 5.41) is 47.0. The maximum Gasteiger partial charge on any atom is 0.195 e. The number of phenols is 2. The van der Waals surface area contributed by atoms with Crippen LogP contribution >= 0.6 is 0 Å². The number of benzene rings is 3. The second kappa shape index (κ2) is 11.3. The fourth-order valence-electron chi connectivity index (χ4n) is 6.11. The van der Waals surface area contributed by atoms with E-state index in [0.717, 1.165) is 33.4 Å². The minimum atomic E-state index is -2.18. The average Bonchev–Trinajstić information content (AvgIpc) is 2.83. The van der Waals surface area contributed by atoms with Gasteiger partial charge in [0.25, 0.3) is 0 Å². The lowest BCUT2D eigenvalue weighted by atomic mass is 9.67. The molecule has 43 heavy (non-hydrogen) atoms. The van der Waals surface area contributed by atoms with Crippen molar-refractivity contribution < 1.29 is 20.4 Å². The second-order valence-corrected chi connectivity index (χ2v) is 17.0. The first-order chi connectivity index (χ1) is 19.3. The van der Waals surface area contributed by atoms with Crippen LogP contribution in [0.1, 0.15) is 129 Å². The number of hydrogen-bond donors (Lipinski definition) is 4. The zero-order valence-corrected chi connectivity index (χ0v) is 28.9. The molecule has 0 saturated carbocycles. The van der Waals surface area contributed by atoms with Gasteiger partial charge in [-0.05, 0) is 67.9 Å². The molecule has 4 heteroatoms. The van der Waals surface area contributed by atoms with Crippen molar-refractivity contribution in [2.24, 2.45) is 5.41 Å². The highest BCUT2D eigenvalue weighted by Crippen LogP contribution is 2.48. The number of phenolic OH excluding ortho intramolecular Hbond substituents is 2. The molecule has 0 radical (unpaired) electrons. The van der Waals surface area contributed by atoms with Gasteiger partial charge in [-0.2, -0.15) is 0 Å². The minimum absolute atomic E-state index is 0.302. The van der Waals surface area contributed by atoms with Crippen molar-refractivity contribution in [1.29, 1.82) is 0 Å². The normalized spacial score (nSPS) is 13.8. The summed E-state index contributed by atoms with van der Waals surface area (Å²) >= 11 is 0. The van der Waals surface area contributed by atoms with Gasteiger partial charge in [-0.3, -0.25) is 0 Å². The Kier molecular flexibility index (Phi) is 9.09. The molecule has 0 saturated heterocycles. The molecule has 0 unspecified atom stereocenters. The Balaban J connectivity index is 2.33. The second-order valence-electron chi connectivity index (χ2n) is 17.0. The first-order valence-electron chi connectivity index (χ1n) is 15.5. The Morgan fingerprint density at radius 1 is 0.465 bits per heavy atom. The predicted octanol–water partition coefficient (Wildman–Crippen LogP) is 8.92. The molecule has 0 aliphatic heterocycles. The van der Waals surface area contributed by atoms with Crippen LogP contribution in [-0.4, -0.2) is 20.4 Å². The quantitative estimate of drug-likeness (QED) is 0.217. The van der Waals surface area contributed by atoms with Crippen LogP contribution in [0.2, 0.25) is 0 Å². The van der Waals surface area contributed by atoms with E-state index in [1.165, 1.54) is 0 Å². The standard InChI is InChI=1S/C39H56O4/c1-34(2,3)28-19-25(20-29(32(28)40)35(4,5)6)23-38(13,39(42,43)27-17-15-14-16-18-27)24-26-21-30(36(7,8)9)33(41)31(22-26)37(10,11)12/h14-22,40-43H,23-24H2,1-13H3. The summed E-state index contributed by atoms with van der Waals surface area (Å²) in [5.41, 5.74) is 3.32. The molecule has 0 aromatic heterocycles. The SMILES string of the molecule is CC(C)(C)c1cc(CC(C)(Cc2cc(C(C)(C)C)c(O)c(C(C)(C)C)c2)C(O)(O)c2ccccc2)cc(C(C)(C)C)c1O. The van der Waals surface area contributed by atoms with Gasteiger partial charge in [0.15, 0.2) is 5.79 Å². The van der Waals surface area contributed by atoms with Crippen molar-refractivity contribution in [3.8, 4) is 11.5 Å². The van der Waals surface area contributed by atoms with Gasteiger partial charge in [-0.15, -0.1) is 0 Å². The van der Waals surface area contributed by atoms with Gasteiger partial charge in [0, 0.05) is 11.0 Å². The van der Waals surface area contributed by atoms with Crippen LogP contribution in [0.5, 0.6) is 11.5 Å². The molecule has 4 N–H and O–H groups in total. The molecular weight excluding hydrogens is 532 g/mol. The predicted molar refractivity (Wildman–Crippen MR) is 179 cm³/mol. The fourth-order valence-corrected chi connectivity index (χ4v) is 6.11. The highest BCUT2D eigenvalue weighted by atomic mass is 16.5. The van der Waals surface area contributed by atoms with Gasteiger partial charge in [-0.1, -0.05) is 145 Å². The van der Waals surface area contributed by atoms with Crippen LogP contribution < -0.4 is 0 Å². The molecule has 0 aliphatic rings. The van der Waals surface area contributed by atoms with E-state index >= 15 is 0 Å². The number of aromatic hydroxyl groups is 2. The van der Waals surface area contributed by atoms with E-state index in [4.69, 9.17) is 0 Å². The molecule has 3 aromatic carbocycles. The molecule has 0 spiro atoms. The first kappa shape index (κ1) is 34.7. The minimum Gasteiger partial charge on any atom is -0.507 e. The van der Waals surface area contributed by atoms with Crippen molar-refractivity contribution in [2.45, 2.75) is 130 Å². The maximum atomic E-state index is 12.1. The number of aliphatic hydroxyl groups is 2. The summed E-state index contributed by atoms with van der Waals surface area (Å²) in [7, 11) is 0. The Morgan fingerprint density at radius 2 is 0.744 bits per heavy atom. The molecule has 0 amide bonds. The molecule has 0 aliphatic carbocycles. The molecular formula is C39H56O4. The summed E-state index contributed by atoms with van der Waals surface area (Å²) < 4.78 is 0. The lowest BCUT2D eigenvalue weighted by Gasteiger charge is -2.43. The number of hydrogen-bond acceptors (Lipinski definition) is 4. The van der Waals surface area contributed by atoms with E-state index in [1.54, 1.807) is 12.1 Å². The largest absolute Gasteiger partial charge is 0.507 e. The van der Waals surface area contributed by atoms with Crippen molar-refractivity contribution in [3.05, 3.63) is 93.5 Å². The third-order valence-electron chi connectivity index (χ3n) is 8.78. The van der Waals surface area contributed by atoms with Crippen LogP contribution in [-0.2, 0) is 40.3 Å². The van der Waals surface area contributed by atoms with Crippen molar-refractivity contribution in [3.63, 3.8) is 0 Å². The monoisotopic (exact) mass is 588 g/mol. The van der Waals surface area contributed by atoms with Crippen molar-refractivity contribution in [2.75, 3.05) is 0 Å². The highest BCUT2D eigenvalue weighted by Gasteiger charge is 2.48. The smallest absolute Gasteiger partial charge is 0.195 e. The van der Waals surface area contributed by atoms with E-state index in [0.29, 0.717) is 29.9 Å². The van der Waals surface area contributed by atoms with Crippen LogP contribution in [0, 0.1) is 5.41 Å². The van der Waals surface area contributed by atoms with E-state index in [1.807, 2.05) is 49.4 Å². The first-order valence-corrected chi connectivity index (χ1v) is 15.5. The summed E-state index contributed by atoms with van der Waals surface area (Å²) in [6.07, 6.45) is 0.690. The van der Waals surface area contributed by atoms with Crippen LogP contribution in [0.15, 0.2) is 54.6 Å². The van der Waals surface area contributed by atoms with Gasteiger partial charge >= 0.3 is 0 Å². The summed E-state index contributed by atoms with van der Waals surface area (Å²) in [6.45, 7) is 27.0. The van der Waals surface area contributed by atoms with E-state index in [9.17, 15) is 20.4 Å². The van der Waals surface area contributed by atoms with Crippen molar-refractivity contribution >= 4 is 0 Å². The highest BCUT2D eigenvalue weighted by molar-refractivity contribution is 5.52. The summed E-state index contributed by atoms with van der Waals surface area (Å²) in [4.78, 5) is 0. The average molecular weight is 589 g/mol. The van der Waals surface area contributed by atoms with Gasteiger partial charge in [0.2, 0.25) is 0 Å². The third-order valence-corrected chi connectivity index (χ3v) is 8.78. The van der Waals surface area contributed by atoms with Gasteiger partial charge in [0.05, 0.1) is 0 Å². The van der Waals surface area contributed by atoms with Crippen molar-refractivity contribution in [1.82, 2.24) is 0 Å². The zero-order valence-electron chi connectivity index (χ0n) is 28.9. The Morgan fingerprint density at radius 3 is 1.00 bits per heavy atom. The zero-order chi connectivity index (χ0) is 33.0. The molecule has 3 aromatic rings. The van der Waals surface area contributed by atoms with Crippen LogP contribution in [0.4, 0.5) is 0 Å². The lowest BCUT2D eigenvalue weighted by Crippen LogP contribution is -2.47. The lowest BCUT2D eigenvalue weighted by molar-refractivity contribution is -0.249. The van der Waals surface area contributed by atoms with E-state index < -0.39 is 11.2 Å². The molecule has 3 rings (SSSR count). The Bertz CT molecular complexity index is 1280. The molecule has 0 atom stereocenters. The molecule has 236 valence electrons. The van der Waals surface area contributed by atoms with Gasteiger partial charge in [-0.25, -0.2) is 0 Å². The molecule has 0 heterocycles. The van der Waals surface area contributed by atoms with Crippen LogP contribution in [0.25, 0.3) is 0 Å². The summed E-state index contributed by atoms with van der Waals surface area (Å²) in [5.74, 6) is -1.58. The summed E-state index contributed by atoms with van der Waals surface area (Å²) in [6, 6.07) is 17.1. The topological polar surface area (TPSA) is 80.9 Å². The molecule has 4 nitrogen and oxygen atoms in total. The van der Waals surface area contributed by atoms with E-state index in [2.05, 4.69) is 83.1 Å². The maximum absolute atomic E-state index is 12.1. The van der Waals surface area contributed by atoms with Gasteiger partial charge < -0.3 is 20.4 Å².